The third-order valence-electron chi connectivity index (χ3n) is 3.55. The van der Waals surface area contributed by atoms with Crippen LogP contribution in [0.15, 0.2) is 22.8 Å². The number of nitrogens with zero attached hydrogens (tertiary/aromatic N) is 2. The van der Waals surface area contributed by atoms with Crippen LogP contribution in [-0.2, 0) is 0 Å². The number of carbonyl (C=O) groups excluding carboxylic acids is 1. The Labute approximate surface area is 102 Å². The molecule has 1 saturated heterocycles. The Hall–Kier alpha value is -1.29. The van der Waals surface area contributed by atoms with Gasteiger partial charge in [0, 0.05) is 32.2 Å². The molecule has 4 heteroatoms. The quantitative estimate of drug-likeness (QED) is 0.803. The number of carbonyl (C=O) groups is 1. The summed E-state index contributed by atoms with van der Waals surface area (Å²) in [5.41, 5.74) is 0. The molecule has 1 aliphatic rings. The minimum absolute atomic E-state index is 0.0128. The van der Waals surface area contributed by atoms with Crippen molar-refractivity contribution in [2.75, 3.05) is 26.2 Å². The van der Waals surface area contributed by atoms with Crippen LogP contribution < -0.4 is 0 Å². The molecule has 1 fully saturated rings. The summed E-state index contributed by atoms with van der Waals surface area (Å²) in [6, 6.07) is 4.09. The van der Waals surface area contributed by atoms with Gasteiger partial charge in [-0.1, -0.05) is 6.92 Å². The van der Waals surface area contributed by atoms with Gasteiger partial charge in [-0.15, -0.1) is 0 Å². The third-order valence-corrected chi connectivity index (χ3v) is 3.55. The fraction of sp³-hybridized carbons (Fsp3) is 0.615. The molecule has 0 radical (unpaired) electrons. The number of hydrogen-bond acceptors (Lipinski definition) is 3. The van der Waals surface area contributed by atoms with Crippen molar-refractivity contribution in [2.45, 2.75) is 26.3 Å². The molecule has 1 aromatic rings. The van der Waals surface area contributed by atoms with Gasteiger partial charge in [-0.3, -0.25) is 9.69 Å². The van der Waals surface area contributed by atoms with E-state index in [0.717, 1.165) is 32.6 Å². The molecule has 2 rings (SSSR count). The highest BCUT2D eigenvalue weighted by Gasteiger charge is 2.25. The van der Waals surface area contributed by atoms with E-state index in [9.17, 15) is 4.79 Å². The van der Waals surface area contributed by atoms with Gasteiger partial charge in [0.05, 0.1) is 6.26 Å². The third kappa shape index (κ3) is 2.69. The Kier molecular flexibility index (Phi) is 3.84. The Morgan fingerprint density at radius 3 is 2.65 bits per heavy atom. The van der Waals surface area contributed by atoms with E-state index in [1.807, 2.05) is 4.90 Å². The van der Waals surface area contributed by atoms with Gasteiger partial charge < -0.3 is 9.32 Å². The van der Waals surface area contributed by atoms with Crippen molar-refractivity contribution >= 4 is 5.91 Å². The van der Waals surface area contributed by atoms with Crippen molar-refractivity contribution in [2.24, 2.45) is 0 Å². The first-order valence-electron chi connectivity index (χ1n) is 6.29. The molecule has 0 aliphatic carbocycles. The molecule has 4 nitrogen and oxygen atoms in total. The lowest BCUT2D eigenvalue weighted by Crippen LogP contribution is -2.51. The number of amides is 1. The van der Waals surface area contributed by atoms with Gasteiger partial charge >= 0.3 is 0 Å². The zero-order valence-corrected chi connectivity index (χ0v) is 10.6. The minimum atomic E-state index is 0.0128. The first-order chi connectivity index (χ1) is 8.22. The van der Waals surface area contributed by atoms with Gasteiger partial charge in [-0.05, 0) is 25.5 Å². The van der Waals surface area contributed by atoms with Gasteiger partial charge in [0.2, 0.25) is 0 Å². The molecule has 17 heavy (non-hydrogen) atoms. The molecule has 0 saturated carbocycles. The number of rotatable bonds is 3. The first-order valence-corrected chi connectivity index (χ1v) is 6.29. The van der Waals surface area contributed by atoms with Crippen LogP contribution >= 0.6 is 0 Å². The Morgan fingerprint density at radius 2 is 2.12 bits per heavy atom. The van der Waals surface area contributed by atoms with E-state index in [4.69, 9.17) is 4.42 Å². The smallest absolute Gasteiger partial charge is 0.289 e. The van der Waals surface area contributed by atoms with Crippen LogP contribution in [0.1, 0.15) is 30.8 Å². The zero-order valence-electron chi connectivity index (χ0n) is 10.6. The summed E-state index contributed by atoms with van der Waals surface area (Å²) in [6.45, 7) is 7.95. The normalized spacial score (nSPS) is 19.3. The minimum Gasteiger partial charge on any atom is -0.459 e. The first kappa shape index (κ1) is 12.2. The van der Waals surface area contributed by atoms with Gasteiger partial charge in [-0.2, -0.15) is 0 Å². The van der Waals surface area contributed by atoms with Crippen molar-refractivity contribution in [3.8, 4) is 0 Å². The molecule has 1 atom stereocenters. The van der Waals surface area contributed by atoms with E-state index in [2.05, 4.69) is 18.7 Å². The SMILES string of the molecule is CC[C@H](C)N1CCN(C(=O)c2ccco2)CC1. The van der Waals surface area contributed by atoms with Crippen LogP contribution in [0, 0.1) is 0 Å². The van der Waals surface area contributed by atoms with E-state index in [1.165, 1.54) is 0 Å². The van der Waals surface area contributed by atoms with Crippen LogP contribution in [-0.4, -0.2) is 47.9 Å². The average Bonchev–Trinajstić information content (AvgIpc) is 2.91. The molecule has 2 heterocycles. The van der Waals surface area contributed by atoms with E-state index < -0.39 is 0 Å². The average molecular weight is 236 g/mol. The zero-order chi connectivity index (χ0) is 12.3. The van der Waals surface area contributed by atoms with Gasteiger partial charge in [0.1, 0.15) is 0 Å². The predicted molar refractivity (Wildman–Crippen MR) is 65.9 cm³/mol. The summed E-state index contributed by atoms with van der Waals surface area (Å²) in [6.07, 6.45) is 2.70. The highest BCUT2D eigenvalue weighted by atomic mass is 16.3. The summed E-state index contributed by atoms with van der Waals surface area (Å²) in [7, 11) is 0. The molecule has 0 unspecified atom stereocenters. The van der Waals surface area contributed by atoms with Crippen molar-refractivity contribution < 1.29 is 9.21 Å². The lowest BCUT2D eigenvalue weighted by Gasteiger charge is -2.37. The molecule has 1 aliphatic heterocycles. The topological polar surface area (TPSA) is 36.7 Å². The predicted octanol–water partition coefficient (Wildman–Crippen LogP) is 1.84. The second-order valence-corrected chi connectivity index (χ2v) is 4.56. The monoisotopic (exact) mass is 236 g/mol. The van der Waals surface area contributed by atoms with Gasteiger partial charge in [-0.25, -0.2) is 0 Å². The second kappa shape index (κ2) is 5.36. The van der Waals surface area contributed by atoms with Crippen LogP contribution in [0.2, 0.25) is 0 Å². The van der Waals surface area contributed by atoms with E-state index in [0.29, 0.717) is 11.8 Å². The summed E-state index contributed by atoms with van der Waals surface area (Å²) in [4.78, 5) is 16.3. The van der Waals surface area contributed by atoms with Crippen molar-refractivity contribution in [1.82, 2.24) is 9.80 Å². The molecular formula is C13H20N2O2. The summed E-state index contributed by atoms with van der Waals surface area (Å²) in [5, 5.41) is 0. The molecule has 0 N–H and O–H groups in total. The van der Waals surface area contributed by atoms with E-state index in [1.54, 1.807) is 18.4 Å². The standard InChI is InChI=1S/C13H20N2O2/c1-3-11(2)14-6-8-15(9-7-14)13(16)12-5-4-10-17-12/h4-5,10-11H,3,6-9H2,1-2H3/t11-/m0/s1. The number of piperazine rings is 1. The van der Waals surface area contributed by atoms with Gasteiger partial charge in [0.15, 0.2) is 5.76 Å². The fourth-order valence-corrected chi connectivity index (χ4v) is 2.18. The maximum absolute atomic E-state index is 12.0. The summed E-state index contributed by atoms with van der Waals surface area (Å²) < 4.78 is 5.14. The van der Waals surface area contributed by atoms with Gasteiger partial charge in [0.25, 0.3) is 5.91 Å². The van der Waals surface area contributed by atoms with Crippen LogP contribution in [0.5, 0.6) is 0 Å². The fourth-order valence-electron chi connectivity index (χ4n) is 2.18. The lowest BCUT2D eigenvalue weighted by molar-refractivity contribution is 0.0551. The van der Waals surface area contributed by atoms with E-state index >= 15 is 0 Å². The maximum Gasteiger partial charge on any atom is 0.289 e. The molecule has 0 aromatic carbocycles. The molecule has 94 valence electrons. The van der Waals surface area contributed by atoms with Crippen LogP contribution in [0.4, 0.5) is 0 Å². The van der Waals surface area contributed by atoms with Crippen LogP contribution in [0.3, 0.4) is 0 Å². The highest BCUT2D eigenvalue weighted by molar-refractivity contribution is 5.91. The van der Waals surface area contributed by atoms with Crippen molar-refractivity contribution in [3.63, 3.8) is 0 Å². The summed E-state index contributed by atoms with van der Waals surface area (Å²) >= 11 is 0. The van der Waals surface area contributed by atoms with E-state index in [-0.39, 0.29) is 5.91 Å². The Balaban J connectivity index is 1.89. The highest BCUT2D eigenvalue weighted by Crippen LogP contribution is 2.12. The van der Waals surface area contributed by atoms with Crippen molar-refractivity contribution in [3.05, 3.63) is 24.2 Å². The molecule has 1 amide bonds. The van der Waals surface area contributed by atoms with Crippen LogP contribution in [0.25, 0.3) is 0 Å². The number of hydrogen-bond donors (Lipinski definition) is 0. The number of furan rings is 1. The maximum atomic E-state index is 12.0. The Bertz CT molecular complexity index is 354. The second-order valence-electron chi connectivity index (χ2n) is 4.56. The Morgan fingerprint density at radius 1 is 1.41 bits per heavy atom. The largest absolute Gasteiger partial charge is 0.459 e. The summed E-state index contributed by atoms with van der Waals surface area (Å²) in [5.74, 6) is 0.459. The van der Waals surface area contributed by atoms with Crippen molar-refractivity contribution in [1.29, 1.82) is 0 Å². The molecule has 1 aromatic heterocycles. The lowest BCUT2D eigenvalue weighted by atomic mass is 10.2. The molecule has 0 spiro atoms. The molecular weight excluding hydrogens is 216 g/mol. The molecule has 0 bridgehead atoms.